The summed E-state index contributed by atoms with van der Waals surface area (Å²) in [5.41, 5.74) is -0.0925. The number of aromatic nitrogens is 1. The first-order valence-corrected chi connectivity index (χ1v) is 12.8. The molecule has 0 unspecified atom stereocenters. The highest BCUT2D eigenvalue weighted by molar-refractivity contribution is 6.11. The van der Waals surface area contributed by atoms with Crippen LogP contribution in [0.3, 0.4) is 0 Å². The summed E-state index contributed by atoms with van der Waals surface area (Å²) in [6.07, 6.45) is 9.48. The van der Waals surface area contributed by atoms with Gasteiger partial charge in [-0.05, 0) is 55.4 Å². The summed E-state index contributed by atoms with van der Waals surface area (Å²) < 4.78 is 15.1. The zero-order valence-electron chi connectivity index (χ0n) is 20.0. The number of amides is 3. The summed E-state index contributed by atoms with van der Waals surface area (Å²) in [4.78, 5) is 47.9. The largest absolute Gasteiger partial charge is 0.343 e. The maximum atomic E-state index is 15.1. The highest BCUT2D eigenvalue weighted by atomic mass is 19.1. The van der Waals surface area contributed by atoms with Gasteiger partial charge in [0.25, 0.3) is 0 Å². The maximum absolute atomic E-state index is 15.1. The lowest BCUT2D eigenvalue weighted by Gasteiger charge is -2.36. The number of likely N-dealkylation sites (tertiary alicyclic amines) is 2. The molecule has 2 saturated heterocycles. The standard InChI is InChI=1S/C28H32FN3O3/c29-24-9-5-4-8-23(24)28(19-26(34)32(27(28)35)22-6-2-1-3-7-22)18-25(33)31-16-12-21(13-17-31)20-10-14-30-15-11-20/h4-5,8-11,14-15,21-22H,1-3,6-7,12-13,16-19H2/t28-/m1/s1. The van der Waals surface area contributed by atoms with Gasteiger partial charge in [0.05, 0.1) is 5.41 Å². The molecule has 1 saturated carbocycles. The first-order chi connectivity index (χ1) is 17.0. The van der Waals surface area contributed by atoms with Crippen LogP contribution in [0.15, 0.2) is 48.8 Å². The summed E-state index contributed by atoms with van der Waals surface area (Å²) in [6, 6.07) is 9.99. The van der Waals surface area contributed by atoms with Gasteiger partial charge in [0.1, 0.15) is 5.82 Å². The van der Waals surface area contributed by atoms with Crippen LogP contribution in [-0.2, 0) is 19.8 Å². The molecular formula is C28H32FN3O3. The minimum Gasteiger partial charge on any atom is -0.343 e. The van der Waals surface area contributed by atoms with E-state index in [1.807, 2.05) is 12.1 Å². The van der Waals surface area contributed by atoms with Gasteiger partial charge in [-0.2, -0.15) is 0 Å². The molecule has 3 aliphatic rings. The van der Waals surface area contributed by atoms with Crippen LogP contribution in [0, 0.1) is 5.82 Å². The minimum absolute atomic E-state index is 0.149. The highest BCUT2D eigenvalue weighted by Gasteiger charge is 2.56. The molecule has 3 amide bonds. The molecular weight excluding hydrogens is 445 g/mol. The Morgan fingerprint density at radius 2 is 1.66 bits per heavy atom. The van der Waals surface area contributed by atoms with Crippen LogP contribution in [0.1, 0.15) is 74.8 Å². The zero-order chi connectivity index (χ0) is 24.4. The van der Waals surface area contributed by atoms with Gasteiger partial charge in [0, 0.05) is 49.9 Å². The van der Waals surface area contributed by atoms with Crippen molar-refractivity contribution in [2.24, 2.45) is 0 Å². The van der Waals surface area contributed by atoms with Gasteiger partial charge in [0.15, 0.2) is 0 Å². The van der Waals surface area contributed by atoms with Crippen LogP contribution in [-0.4, -0.2) is 51.6 Å². The number of hydrogen-bond donors (Lipinski definition) is 0. The number of carbonyl (C=O) groups is 3. The van der Waals surface area contributed by atoms with Crippen LogP contribution in [0.2, 0.25) is 0 Å². The van der Waals surface area contributed by atoms with Crippen molar-refractivity contribution in [2.45, 2.75) is 75.2 Å². The van der Waals surface area contributed by atoms with E-state index < -0.39 is 17.1 Å². The predicted octanol–water partition coefficient (Wildman–Crippen LogP) is 4.35. The van der Waals surface area contributed by atoms with Gasteiger partial charge in [0.2, 0.25) is 17.7 Å². The molecule has 0 N–H and O–H groups in total. The van der Waals surface area contributed by atoms with Gasteiger partial charge in [-0.25, -0.2) is 4.39 Å². The van der Waals surface area contributed by atoms with E-state index in [0.29, 0.717) is 19.0 Å². The number of piperidine rings is 1. The zero-order valence-corrected chi connectivity index (χ0v) is 20.0. The third-order valence-corrected chi connectivity index (χ3v) is 8.16. The molecule has 1 aliphatic carbocycles. The monoisotopic (exact) mass is 477 g/mol. The Labute approximate surface area is 205 Å². The molecule has 7 heteroatoms. The van der Waals surface area contributed by atoms with Crippen molar-refractivity contribution in [3.63, 3.8) is 0 Å². The van der Waals surface area contributed by atoms with Crippen molar-refractivity contribution in [1.29, 1.82) is 0 Å². The van der Waals surface area contributed by atoms with Crippen LogP contribution >= 0.6 is 0 Å². The first-order valence-electron chi connectivity index (χ1n) is 12.8. The summed E-state index contributed by atoms with van der Waals surface area (Å²) in [7, 11) is 0. The number of pyridine rings is 1. The third kappa shape index (κ3) is 4.48. The molecule has 2 aromatic rings. The van der Waals surface area contributed by atoms with Gasteiger partial charge in [-0.3, -0.25) is 24.3 Å². The number of benzene rings is 1. The summed E-state index contributed by atoms with van der Waals surface area (Å²) in [5, 5.41) is 0. The Kier molecular flexibility index (Phi) is 6.67. The smallest absolute Gasteiger partial charge is 0.241 e. The van der Waals surface area contributed by atoms with Gasteiger partial charge >= 0.3 is 0 Å². The van der Waals surface area contributed by atoms with Crippen molar-refractivity contribution in [3.05, 3.63) is 65.7 Å². The van der Waals surface area contributed by atoms with E-state index in [1.54, 1.807) is 35.5 Å². The lowest BCUT2D eigenvalue weighted by atomic mass is 9.75. The number of hydrogen-bond acceptors (Lipinski definition) is 4. The van der Waals surface area contributed by atoms with Crippen molar-refractivity contribution < 1.29 is 18.8 Å². The number of imide groups is 1. The molecule has 3 heterocycles. The second kappa shape index (κ2) is 9.88. The maximum Gasteiger partial charge on any atom is 0.241 e. The summed E-state index contributed by atoms with van der Waals surface area (Å²) in [5.74, 6) is -1.05. The molecule has 5 rings (SSSR count). The molecule has 0 radical (unpaired) electrons. The quantitative estimate of drug-likeness (QED) is 0.601. The molecule has 1 atom stereocenters. The molecule has 1 aromatic heterocycles. The Bertz CT molecular complexity index is 1090. The van der Waals surface area contributed by atoms with Crippen LogP contribution in [0.25, 0.3) is 0 Å². The lowest BCUT2D eigenvalue weighted by molar-refractivity contribution is -0.145. The summed E-state index contributed by atoms with van der Waals surface area (Å²) >= 11 is 0. The van der Waals surface area contributed by atoms with E-state index in [2.05, 4.69) is 4.98 Å². The SMILES string of the molecule is O=C(C[C@]1(c2ccccc2F)CC(=O)N(C2CCCCC2)C1=O)N1CCC(c2ccncc2)CC1. The van der Waals surface area contributed by atoms with E-state index >= 15 is 4.39 Å². The van der Waals surface area contributed by atoms with E-state index in [0.717, 1.165) is 44.9 Å². The van der Waals surface area contributed by atoms with Gasteiger partial charge < -0.3 is 4.90 Å². The fourth-order valence-corrected chi connectivity index (χ4v) is 6.23. The van der Waals surface area contributed by atoms with Crippen LogP contribution < -0.4 is 0 Å². The van der Waals surface area contributed by atoms with Crippen molar-refractivity contribution in [1.82, 2.24) is 14.8 Å². The van der Waals surface area contributed by atoms with Gasteiger partial charge in [-0.1, -0.05) is 37.5 Å². The Morgan fingerprint density at radius 1 is 0.971 bits per heavy atom. The van der Waals surface area contributed by atoms with E-state index in [1.165, 1.54) is 16.5 Å². The highest BCUT2D eigenvalue weighted by Crippen LogP contribution is 2.44. The summed E-state index contributed by atoms with van der Waals surface area (Å²) in [6.45, 7) is 1.15. The van der Waals surface area contributed by atoms with Crippen molar-refractivity contribution >= 4 is 17.7 Å². The Morgan fingerprint density at radius 3 is 2.34 bits per heavy atom. The van der Waals surface area contributed by atoms with E-state index in [-0.39, 0.29) is 36.3 Å². The van der Waals surface area contributed by atoms with Crippen LogP contribution in [0.5, 0.6) is 0 Å². The molecule has 2 aliphatic heterocycles. The molecule has 3 fully saturated rings. The van der Waals surface area contributed by atoms with Crippen LogP contribution in [0.4, 0.5) is 4.39 Å². The normalized spacial score (nSPS) is 24.3. The molecule has 1 aromatic carbocycles. The van der Waals surface area contributed by atoms with Crippen molar-refractivity contribution in [2.75, 3.05) is 13.1 Å². The van der Waals surface area contributed by atoms with E-state index in [9.17, 15) is 14.4 Å². The first kappa shape index (κ1) is 23.6. The number of rotatable bonds is 5. The fourth-order valence-electron chi connectivity index (χ4n) is 6.23. The van der Waals surface area contributed by atoms with E-state index in [4.69, 9.17) is 0 Å². The number of carbonyl (C=O) groups excluding carboxylic acids is 3. The second-order valence-electron chi connectivity index (χ2n) is 10.2. The molecule has 0 spiro atoms. The third-order valence-electron chi connectivity index (χ3n) is 8.16. The Hall–Kier alpha value is -3.09. The second-order valence-corrected chi connectivity index (χ2v) is 10.2. The predicted molar refractivity (Wildman–Crippen MR) is 129 cm³/mol. The number of nitrogens with zero attached hydrogens (tertiary/aromatic N) is 3. The topological polar surface area (TPSA) is 70.6 Å². The van der Waals surface area contributed by atoms with Crippen molar-refractivity contribution in [3.8, 4) is 0 Å². The Balaban J connectivity index is 1.38. The fraction of sp³-hybridized carbons (Fsp3) is 0.500. The lowest BCUT2D eigenvalue weighted by Crippen LogP contribution is -2.48. The average molecular weight is 478 g/mol. The number of halogens is 1. The molecule has 184 valence electrons. The molecule has 35 heavy (non-hydrogen) atoms. The van der Waals surface area contributed by atoms with Gasteiger partial charge in [-0.15, -0.1) is 0 Å². The molecule has 6 nitrogen and oxygen atoms in total. The molecule has 0 bridgehead atoms. The minimum atomic E-state index is -1.47. The average Bonchev–Trinajstić information content (AvgIpc) is 3.14.